The molecule has 0 aromatic heterocycles. The maximum Gasteiger partial charge on any atom is 3.00 e. The summed E-state index contributed by atoms with van der Waals surface area (Å²) in [5, 5.41) is 0. The van der Waals surface area contributed by atoms with Crippen LogP contribution in [0.15, 0.2) is 0 Å². The molecular formula is H4AlNaO9Si2Zn. The Kier molecular flexibility index (Phi) is 200. The van der Waals surface area contributed by atoms with Gasteiger partial charge in [0.2, 0.25) is 0 Å². The minimum Gasteiger partial charge on any atom is -0.870 e. The van der Waals surface area contributed by atoms with E-state index in [9.17, 15) is 0 Å². The molecule has 14 heteroatoms. The molecule has 9 nitrogen and oxygen atoms in total. The number of hydrogen-bond acceptors (Lipinski definition) is 8. The molecule has 14 heavy (non-hydrogen) atoms. The molecule has 0 bridgehead atoms. The second-order valence-corrected chi connectivity index (χ2v) is 1.50. The maximum atomic E-state index is 8.52. The van der Waals surface area contributed by atoms with Gasteiger partial charge < -0.3 is 44.5 Å². The molecule has 0 spiro atoms. The van der Waals surface area contributed by atoms with Crippen LogP contribution < -0.4 is 48.7 Å². The van der Waals surface area contributed by atoms with E-state index in [4.69, 9.17) is 28.1 Å². The summed E-state index contributed by atoms with van der Waals surface area (Å²) in [4.78, 5) is 34.1. The van der Waals surface area contributed by atoms with Crippen LogP contribution in [0.25, 0.3) is 0 Å². The van der Waals surface area contributed by atoms with Crippen LogP contribution in [0.4, 0.5) is 0 Å². The van der Waals surface area contributed by atoms with Gasteiger partial charge in [-0.25, -0.2) is 0 Å². The van der Waals surface area contributed by atoms with Crippen LogP contribution in [-0.4, -0.2) is 52.1 Å². The van der Waals surface area contributed by atoms with Crippen LogP contribution in [0, 0.1) is 0 Å². The van der Waals surface area contributed by atoms with Crippen LogP contribution >= 0.6 is 0 Å². The third-order valence-corrected chi connectivity index (χ3v) is 0. The molecule has 0 heterocycles. The maximum absolute atomic E-state index is 8.52. The minimum absolute atomic E-state index is 0. The first-order chi connectivity index (χ1) is 3.46. The monoisotopic (exact) mass is 318 g/mol. The van der Waals surface area contributed by atoms with Gasteiger partial charge in [0.05, 0.1) is 0 Å². The van der Waals surface area contributed by atoms with Gasteiger partial charge in [0.25, 0.3) is 0 Å². The largest absolute Gasteiger partial charge is 3.00 e. The zero-order chi connectivity index (χ0) is 7.15. The van der Waals surface area contributed by atoms with Gasteiger partial charge >= 0.3 is 66.4 Å². The van der Waals surface area contributed by atoms with Gasteiger partial charge in [-0.05, 0) is 0 Å². The summed E-state index contributed by atoms with van der Waals surface area (Å²) < 4.78 is 17.0. The van der Waals surface area contributed by atoms with Crippen molar-refractivity contribution >= 4 is 35.7 Å². The standard InChI is InChI=1S/Al.Na.2O3Si.3H2O.Zn/c;;2*1-4(2)3;;;;/h;;;;3*1H2;/q+3;+1;2*-2;;;;+2/p-2. The molecule has 0 aromatic rings. The first-order valence-electron chi connectivity index (χ1n) is 1.22. The summed E-state index contributed by atoms with van der Waals surface area (Å²) in [6.45, 7) is 0. The fourth-order valence-electron chi connectivity index (χ4n) is 0. The van der Waals surface area contributed by atoms with Gasteiger partial charge in [0.15, 0.2) is 0 Å². The molecule has 0 radical (unpaired) electrons. The third-order valence-electron chi connectivity index (χ3n) is 0. The molecule has 4 N–H and O–H groups in total. The SMILES string of the molecule is O.O=[Si]([O-])[O-].O=[Si]([O-])[O-].[Al+3].[Na+].[OH-].[OH-].[Zn+2]. The smallest absolute Gasteiger partial charge is 0.870 e. The molecule has 0 rings (SSSR count). The molecule has 0 aliphatic rings. The fraction of sp³-hybridized carbons (Fsp3) is 0. The van der Waals surface area contributed by atoms with Crippen molar-refractivity contribution in [2.75, 3.05) is 0 Å². The van der Waals surface area contributed by atoms with Gasteiger partial charge in [-0.3, -0.25) is 0 Å². The second-order valence-electron chi connectivity index (χ2n) is 0.500. The zero-order valence-corrected chi connectivity index (χ0v) is 15.3. The van der Waals surface area contributed by atoms with E-state index in [1.165, 1.54) is 0 Å². The molecule has 0 aliphatic heterocycles. The topological polar surface area (TPSA) is 218 Å². The normalized spacial score (nSPS) is 3.43. The summed E-state index contributed by atoms with van der Waals surface area (Å²) in [5.41, 5.74) is 0. The zero-order valence-electron chi connectivity index (χ0n) is 7.13. The van der Waals surface area contributed by atoms with Gasteiger partial charge in [-0.15, -0.1) is 0 Å². The molecule has 0 aromatic carbocycles. The van der Waals surface area contributed by atoms with Crippen molar-refractivity contribution in [2.45, 2.75) is 0 Å². The Bertz CT molecular complexity index is 80.8. The van der Waals surface area contributed by atoms with Crippen molar-refractivity contribution in [1.29, 1.82) is 0 Å². The van der Waals surface area contributed by atoms with Crippen molar-refractivity contribution in [1.82, 2.24) is 0 Å². The van der Waals surface area contributed by atoms with Gasteiger partial charge in [-0.2, -0.15) is 0 Å². The Morgan fingerprint density at radius 2 is 0.786 bits per heavy atom. The molecule has 0 atom stereocenters. The molecule has 0 saturated heterocycles. The van der Waals surface area contributed by atoms with Crippen LogP contribution in [0.2, 0.25) is 0 Å². The molecule has 0 fully saturated rings. The van der Waals surface area contributed by atoms with E-state index in [0.717, 1.165) is 0 Å². The van der Waals surface area contributed by atoms with Crippen LogP contribution in [0.1, 0.15) is 0 Å². The van der Waals surface area contributed by atoms with E-state index in [2.05, 4.69) is 0 Å². The first-order valence-corrected chi connectivity index (χ1v) is 3.67. The van der Waals surface area contributed by atoms with E-state index in [1.807, 2.05) is 0 Å². The second kappa shape index (κ2) is 47.5. The Balaban J connectivity index is -0.00000000600. The van der Waals surface area contributed by atoms with Crippen LogP contribution in [0.5, 0.6) is 0 Å². The van der Waals surface area contributed by atoms with Crippen LogP contribution in [-0.2, 0) is 28.4 Å². The Morgan fingerprint density at radius 1 is 0.786 bits per heavy atom. The quantitative estimate of drug-likeness (QED) is 0.389. The molecular weight excluding hydrogens is 316 g/mol. The Labute approximate surface area is 128 Å². The van der Waals surface area contributed by atoms with E-state index in [1.54, 1.807) is 0 Å². The van der Waals surface area contributed by atoms with E-state index in [-0.39, 0.29) is 82.8 Å². The van der Waals surface area contributed by atoms with Crippen LogP contribution in [0.3, 0.4) is 0 Å². The average molecular weight is 320 g/mol. The third kappa shape index (κ3) is 1240. The van der Waals surface area contributed by atoms with E-state index in [0.29, 0.717) is 0 Å². The molecule has 0 aliphatic carbocycles. The predicted molar refractivity (Wildman–Crippen MR) is 26.1 cm³/mol. The number of rotatable bonds is 0. The predicted octanol–water partition coefficient (Wildman–Crippen LogP) is -10.3. The summed E-state index contributed by atoms with van der Waals surface area (Å²) in [7, 11) is -7.26. The van der Waals surface area contributed by atoms with Crippen molar-refractivity contribution in [3.05, 3.63) is 0 Å². The van der Waals surface area contributed by atoms with Gasteiger partial charge in [0.1, 0.15) is 0 Å². The molecule has 0 unspecified atom stereocenters. The number of hydrogen-bond donors (Lipinski definition) is 0. The van der Waals surface area contributed by atoms with Gasteiger partial charge in [-0.1, -0.05) is 0 Å². The van der Waals surface area contributed by atoms with Crippen molar-refractivity contribution in [3.63, 3.8) is 0 Å². The van der Waals surface area contributed by atoms with E-state index >= 15 is 0 Å². The average Bonchev–Trinajstić information content (AvgIpc) is 1.25. The van der Waals surface area contributed by atoms with Crippen molar-refractivity contribution < 1.29 is 93.6 Å². The summed E-state index contributed by atoms with van der Waals surface area (Å²) in [6, 6.07) is 0. The van der Waals surface area contributed by atoms with Crippen molar-refractivity contribution in [3.8, 4) is 0 Å². The Hall–Kier alpha value is 1.27. The Morgan fingerprint density at radius 3 is 0.786 bits per heavy atom. The molecule has 0 saturated carbocycles. The summed E-state index contributed by atoms with van der Waals surface area (Å²) in [5.74, 6) is 0. The summed E-state index contributed by atoms with van der Waals surface area (Å²) >= 11 is 0. The molecule has 0 amide bonds. The van der Waals surface area contributed by atoms with E-state index < -0.39 is 18.3 Å². The molecule has 72 valence electrons. The minimum atomic E-state index is -3.63. The van der Waals surface area contributed by atoms with Crippen molar-refractivity contribution in [2.24, 2.45) is 0 Å². The summed E-state index contributed by atoms with van der Waals surface area (Å²) in [6.07, 6.45) is 0. The van der Waals surface area contributed by atoms with Gasteiger partial charge in [0, 0.05) is 18.3 Å². The first kappa shape index (κ1) is 58.8. The fourth-order valence-corrected chi connectivity index (χ4v) is 0.